The Morgan fingerprint density at radius 3 is 2.67 bits per heavy atom. The summed E-state index contributed by atoms with van der Waals surface area (Å²) in [5.74, 6) is 0.597. The lowest BCUT2D eigenvalue weighted by Crippen LogP contribution is -2.27. The van der Waals surface area contributed by atoms with Gasteiger partial charge in [-0.3, -0.25) is 9.69 Å². The molecule has 1 fully saturated rings. The number of amides is 1. The molecule has 1 aromatic heterocycles. The number of rotatable bonds is 3. The molecule has 1 amide bonds. The number of thioether (sulfide) groups is 1. The van der Waals surface area contributed by atoms with Crippen LogP contribution in [0, 0.1) is 3.77 Å². The van der Waals surface area contributed by atoms with E-state index in [0.717, 1.165) is 9.33 Å². The van der Waals surface area contributed by atoms with E-state index < -0.39 is 0 Å². The van der Waals surface area contributed by atoms with Gasteiger partial charge in [0.1, 0.15) is 10.1 Å². The molecule has 0 radical (unpaired) electrons. The van der Waals surface area contributed by atoms with Gasteiger partial charge in [0.05, 0.1) is 11.4 Å². The van der Waals surface area contributed by atoms with Crippen LogP contribution in [-0.2, 0) is 11.3 Å². The van der Waals surface area contributed by atoms with Crippen LogP contribution in [0.5, 0.6) is 0 Å². The Morgan fingerprint density at radius 1 is 1.24 bits per heavy atom. The molecule has 2 heterocycles. The third-order valence-electron chi connectivity index (χ3n) is 2.92. The topological polar surface area (TPSA) is 33.5 Å². The molecule has 3 rings (SSSR count). The second-order valence-electron chi connectivity index (χ2n) is 4.40. The zero-order valence-electron chi connectivity index (χ0n) is 10.8. The molecule has 0 bridgehead atoms. The number of hydrogen-bond acceptors (Lipinski definition) is 4. The van der Waals surface area contributed by atoms with Crippen molar-refractivity contribution >= 4 is 62.9 Å². The molecule has 1 aliphatic heterocycles. The van der Waals surface area contributed by atoms with Gasteiger partial charge in [-0.1, -0.05) is 54.3 Å². The smallest absolute Gasteiger partial charge is 0.266 e. The highest BCUT2D eigenvalue weighted by atomic mass is 127. The van der Waals surface area contributed by atoms with Crippen molar-refractivity contribution in [2.45, 2.75) is 6.54 Å². The van der Waals surface area contributed by atoms with E-state index in [-0.39, 0.29) is 5.91 Å². The van der Waals surface area contributed by atoms with E-state index in [9.17, 15) is 4.79 Å². The Bertz CT molecular complexity index is 724. The van der Waals surface area contributed by atoms with Gasteiger partial charge >= 0.3 is 0 Å². The summed E-state index contributed by atoms with van der Waals surface area (Å²) in [6.45, 7) is 0.499. The predicted octanol–water partition coefficient (Wildman–Crippen LogP) is 4.29. The van der Waals surface area contributed by atoms with E-state index in [2.05, 4.69) is 22.6 Å². The SMILES string of the molecule is O=C1/C(=C/c2ccc(I)o2)SC(=S)N1Cc1ccccc1. The lowest BCUT2D eigenvalue weighted by atomic mass is 10.2. The summed E-state index contributed by atoms with van der Waals surface area (Å²) in [5.41, 5.74) is 1.06. The zero-order valence-corrected chi connectivity index (χ0v) is 14.6. The first-order valence-electron chi connectivity index (χ1n) is 6.18. The number of furan rings is 1. The molecule has 3 nitrogen and oxygen atoms in total. The average Bonchev–Trinajstić information content (AvgIpc) is 2.99. The molecule has 21 heavy (non-hydrogen) atoms. The summed E-state index contributed by atoms with van der Waals surface area (Å²) >= 11 is 8.71. The monoisotopic (exact) mass is 427 g/mol. The molecule has 0 saturated carbocycles. The van der Waals surface area contributed by atoms with E-state index in [1.165, 1.54) is 11.8 Å². The molecule has 0 aliphatic carbocycles. The van der Waals surface area contributed by atoms with Gasteiger partial charge in [0.25, 0.3) is 5.91 Å². The standard InChI is InChI=1S/C15H10INO2S2/c16-13-7-6-11(19-13)8-12-14(18)17(15(20)21-12)9-10-4-2-1-3-5-10/h1-8H,9H2/b12-8-. The second-order valence-corrected chi connectivity index (χ2v) is 7.13. The minimum absolute atomic E-state index is 0.0692. The number of nitrogens with zero attached hydrogens (tertiary/aromatic N) is 1. The van der Waals surface area contributed by atoms with Crippen LogP contribution in [0.15, 0.2) is 51.8 Å². The van der Waals surface area contributed by atoms with Crippen molar-refractivity contribution in [3.63, 3.8) is 0 Å². The van der Waals surface area contributed by atoms with Crippen LogP contribution in [0.3, 0.4) is 0 Å². The van der Waals surface area contributed by atoms with E-state index in [4.69, 9.17) is 16.6 Å². The molecule has 6 heteroatoms. The van der Waals surface area contributed by atoms with Gasteiger partial charge in [-0.2, -0.15) is 0 Å². The van der Waals surface area contributed by atoms with E-state index in [1.807, 2.05) is 42.5 Å². The molecule has 1 saturated heterocycles. The fraction of sp³-hybridized carbons (Fsp3) is 0.0667. The van der Waals surface area contributed by atoms with Gasteiger partial charge in [0.2, 0.25) is 0 Å². The number of carbonyl (C=O) groups is 1. The molecular weight excluding hydrogens is 417 g/mol. The van der Waals surface area contributed by atoms with Crippen LogP contribution >= 0.6 is 46.6 Å². The maximum atomic E-state index is 12.4. The third kappa shape index (κ3) is 3.38. The molecule has 0 atom stereocenters. The fourth-order valence-electron chi connectivity index (χ4n) is 1.94. The van der Waals surface area contributed by atoms with Crippen LogP contribution in [0.2, 0.25) is 0 Å². The number of thiocarbonyl (C=S) groups is 1. The van der Waals surface area contributed by atoms with Crippen molar-refractivity contribution < 1.29 is 9.21 Å². The van der Waals surface area contributed by atoms with Crippen molar-refractivity contribution in [1.82, 2.24) is 4.90 Å². The van der Waals surface area contributed by atoms with Crippen LogP contribution in [-0.4, -0.2) is 15.1 Å². The highest BCUT2D eigenvalue weighted by molar-refractivity contribution is 14.1. The van der Waals surface area contributed by atoms with Crippen molar-refractivity contribution in [1.29, 1.82) is 0 Å². The highest BCUT2D eigenvalue weighted by Crippen LogP contribution is 2.33. The normalized spacial score (nSPS) is 17.0. The largest absolute Gasteiger partial charge is 0.451 e. The first kappa shape index (κ1) is 14.8. The molecule has 0 N–H and O–H groups in total. The Kier molecular flexibility index (Phi) is 4.46. The summed E-state index contributed by atoms with van der Waals surface area (Å²) in [7, 11) is 0. The van der Waals surface area contributed by atoms with Gasteiger partial charge in [-0.15, -0.1) is 0 Å². The lowest BCUT2D eigenvalue weighted by Gasteiger charge is -2.14. The summed E-state index contributed by atoms with van der Waals surface area (Å²) in [5, 5.41) is 0. The lowest BCUT2D eigenvalue weighted by molar-refractivity contribution is -0.122. The van der Waals surface area contributed by atoms with Crippen LogP contribution < -0.4 is 0 Å². The van der Waals surface area contributed by atoms with Crippen molar-refractivity contribution in [3.8, 4) is 0 Å². The van der Waals surface area contributed by atoms with Gasteiger partial charge < -0.3 is 4.42 Å². The Morgan fingerprint density at radius 2 is 2.00 bits per heavy atom. The molecule has 0 unspecified atom stereocenters. The van der Waals surface area contributed by atoms with Gasteiger partial charge in [0, 0.05) is 6.08 Å². The first-order valence-corrected chi connectivity index (χ1v) is 8.48. The maximum absolute atomic E-state index is 12.4. The maximum Gasteiger partial charge on any atom is 0.266 e. The summed E-state index contributed by atoms with van der Waals surface area (Å²) in [4.78, 5) is 14.7. The third-order valence-corrected chi connectivity index (χ3v) is 4.88. The van der Waals surface area contributed by atoms with Crippen molar-refractivity contribution in [2.24, 2.45) is 0 Å². The van der Waals surface area contributed by atoms with Gasteiger partial charge in [0.15, 0.2) is 3.77 Å². The number of hydrogen-bond donors (Lipinski definition) is 0. The minimum atomic E-state index is -0.0692. The Balaban J connectivity index is 1.81. The summed E-state index contributed by atoms with van der Waals surface area (Å²) in [6.07, 6.45) is 1.74. The Hall–Kier alpha value is -1.12. The first-order chi connectivity index (χ1) is 10.1. The number of carbonyl (C=O) groups excluding carboxylic acids is 1. The van der Waals surface area contributed by atoms with Gasteiger partial charge in [-0.05, 0) is 40.3 Å². The predicted molar refractivity (Wildman–Crippen MR) is 96.6 cm³/mol. The van der Waals surface area contributed by atoms with Crippen molar-refractivity contribution in [2.75, 3.05) is 0 Å². The summed E-state index contributed by atoms with van der Waals surface area (Å²) < 4.78 is 6.84. The zero-order chi connectivity index (χ0) is 14.8. The van der Waals surface area contributed by atoms with E-state index in [0.29, 0.717) is 21.5 Å². The van der Waals surface area contributed by atoms with Gasteiger partial charge in [-0.25, -0.2) is 0 Å². The summed E-state index contributed by atoms with van der Waals surface area (Å²) in [6, 6.07) is 13.5. The number of halogens is 1. The van der Waals surface area contributed by atoms with Crippen LogP contribution in [0.4, 0.5) is 0 Å². The highest BCUT2D eigenvalue weighted by Gasteiger charge is 2.32. The van der Waals surface area contributed by atoms with Crippen LogP contribution in [0.1, 0.15) is 11.3 Å². The number of benzene rings is 1. The average molecular weight is 427 g/mol. The molecule has 106 valence electrons. The quantitative estimate of drug-likeness (QED) is 0.416. The molecule has 1 aromatic carbocycles. The van der Waals surface area contributed by atoms with E-state index >= 15 is 0 Å². The van der Waals surface area contributed by atoms with Crippen molar-refractivity contribution in [3.05, 3.63) is 62.5 Å². The Labute approximate surface area is 145 Å². The minimum Gasteiger partial charge on any atom is -0.451 e. The van der Waals surface area contributed by atoms with Crippen LogP contribution in [0.25, 0.3) is 6.08 Å². The fourth-order valence-corrected chi connectivity index (χ4v) is 3.61. The molecule has 0 spiro atoms. The second kappa shape index (κ2) is 6.33. The molecule has 1 aliphatic rings. The van der Waals surface area contributed by atoms with E-state index in [1.54, 1.807) is 11.0 Å². The molecule has 2 aromatic rings. The molecular formula is C15H10INO2S2.